The van der Waals surface area contributed by atoms with E-state index in [4.69, 9.17) is 4.74 Å². The topological polar surface area (TPSA) is 83.0 Å². The molecule has 0 radical (unpaired) electrons. The molecule has 1 aromatic carbocycles. The van der Waals surface area contributed by atoms with Crippen molar-refractivity contribution in [2.24, 2.45) is 4.99 Å². The second-order valence-corrected chi connectivity index (χ2v) is 5.39. The molecule has 1 heterocycles. The van der Waals surface area contributed by atoms with Crippen molar-refractivity contribution in [1.29, 1.82) is 0 Å². The molecule has 1 aliphatic heterocycles. The van der Waals surface area contributed by atoms with Gasteiger partial charge in [-0.3, -0.25) is 25.3 Å². The van der Waals surface area contributed by atoms with Crippen molar-refractivity contribution in [3.8, 4) is 0 Å². The second kappa shape index (κ2) is 8.28. The van der Waals surface area contributed by atoms with Gasteiger partial charge in [-0.05, 0) is 32.0 Å². The Balaban J connectivity index is 1.80. The van der Waals surface area contributed by atoms with Gasteiger partial charge >= 0.3 is 6.09 Å². The second-order valence-electron chi connectivity index (χ2n) is 5.39. The molecule has 2 N–H and O–H groups in total. The molecular formula is C16H22N4O3. The number of likely N-dealkylation sites (N-methyl/N-ethyl adjacent to an activating group) is 1. The molecule has 0 unspecified atom stereocenters. The summed E-state index contributed by atoms with van der Waals surface area (Å²) in [6, 6.07) is 9.16. The molecule has 7 heteroatoms. The summed E-state index contributed by atoms with van der Waals surface area (Å²) in [4.78, 5) is 29.8. The van der Waals surface area contributed by atoms with Gasteiger partial charge in [-0.1, -0.05) is 30.3 Å². The molecule has 2 amide bonds. The fraction of sp³-hybridized carbons (Fsp3) is 0.438. The van der Waals surface area contributed by atoms with Gasteiger partial charge < -0.3 is 4.74 Å². The molecular weight excluding hydrogens is 296 g/mol. The first-order chi connectivity index (χ1) is 11.1. The van der Waals surface area contributed by atoms with Crippen molar-refractivity contribution < 1.29 is 14.3 Å². The Morgan fingerprint density at radius 2 is 2.04 bits per heavy atom. The van der Waals surface area contributed by atoms with E-state index in [1.54, 1.807) is 0 Å². The smallest absolute Gasteiger partial charge is 0.414 e. The van der Waals surface area contributed by atoms with E-state index in [0.29, 0.717) is 0 Å². The highest BCUT2D eigenvalue weighted by molar-refractivity contribution is 6.04. The first kappa shape index (κ1) is 17.0. The van der Waals surface area contributed by atoms with Crippen LogP contribution in [0.1, 0.15) is 18.4 Å². The highest BCUT2D eigenvalue weighted by atomic mass is 16.5. The average Bonchev–Trinajstić information content (AvgIpc) is 2.99. The third-order valence-corrected chi connectivity index (χ3v) is 3.72. The normalized spacial score (nSPS) is 18.5. The predicted octanol–water partition coefficient (Wildman–Crippen LogP) is 1.11. The summed E-state index contributed by atoms with van der Waals surface area (Å²) in [6.45, 7) is 1.05. The number of nitrogens with zero attached hydrogens (tertiary/aromatic N) is 2. The molecule has 124 valence electrons. The van der Waals surface area contributed by atoms with Crippen molar-refractivity contribution in [3.63, 3.8) is 0 Å². The number of benzene rings is 1. The molecule has 0 aliphatic carbocycles. The van der Waals surface area contributed by atoms with E-state index >= 15 is 0 Å². The van der Waals surface area contributed by atoms with E-state index in [1.807, 2.05) is 42.3 Å². The summed E-state index contributed by atoms with van der Waals surface area (Å²) in [5, 5.41) is 5.07. The summed E-state index contributed by atoms with van der Waals surface area (Å²) in [7, 11) is 3.40. The number of likely N-dealkylation sites (tertiary alicyclic amines) is 1. The van der Waals surface area contributed by atoms with Crippen LogP contribution in [0.3, 0.4) is 0 Å². The van der Waals surface area contributed by atoms with Crippen LogP contribution in [0.15, 0.2) is 35.3 Å². The van der Waals surface area contributed by atoms with Gasteiger partial charge in [-0.2, -0.15) is 0 Å². The summed E-state index contributed by atoms with van der Waals surface area (Å²) in [5.74, 6) is -0.0812. The summed E-state index contributed by atoms with van der Waals surface area (Å²) >= 11 is 0. The summed E-state index contributed by atoms with van der Waals surface area (Å²) in [6.07, 6.45) is 1.13. The maximum absolute atomic E-state index is 12.2. The number of alkyl carbamates (subject to hydrolysis) is 1. The molecule has 1 atom stereocenters. The van der Waals surface area contributed by atoms with Crippen LogP contribution in [0.5, 0.6) is 0 Å². The van der Waals surface area contributed by atoms with Crippen LogP contribution in [0.25, 0.3) is 0 Å². The Morgan fingerprint density at radius 3 is 2.65 bits per heavy atom. The first-order valence-electron chi connectivity index (χ1n) is 7.55. The van der Waals surface area contributed by atoms with Crippen molar-refractivity contribution in [1.82, 2.24) is 15.5 Å². The number of hydrogen-bond acceptors (Lipinski definition) is 5. The van der Waals surface area contributed by atoms with Crippen molar-refractivity contribution in [2.75, 3.05) is 20.6 Å². The fourth-order valence-electron chi connectivity index (χ4n) is 2.44. The zero-order valence-corrected chi connectivity index (χ0v) is 13.4. The van der Waals surface area contributed by atoms with Crippen LogP contribution >= 0.6 is 0 Å². The average molecular weight is 318 g/mol. The number of guanidine groups is 1. The number of hydrogen-bond donors (Lipinski definition) is 2. The SMILES string of the molecule is CN=C(NC(=O)OCc1ccccc1)NC(=O)[C@@H]1CCCN1C. The van der Waals surface area contributed by atoms with E-state index in [2.05, 4.69) is 15.6 Å². The molecule has 0 bridgehead atoms. The minimum atomic E-state index is -0.658. The molecule has 7 nitrogen and oxygen atoms in total. The van der Waals surface area contributed by atoms with Crippen molar-refractivity contribution >= 4 is 18.0 Å². The minimum Gasteiger partial charge on any atom is -0.444 e. The van der Waals surface area contributed by atoms with Crippen LogP contribution in [-0.2, 0) is 16.1 Å². The third kappa shape index (κ3) is 5.07. The Morgan fingerprint density at radius 1 is 1.30 bits per heavy atom. The summed E-state index contributed by atoms with van der Waals surface area (Å²) in [5.41, 5.74) is 0.884. The van der Waals surface area contributed by atoms with E-state index in [0.717, 1.165) is 24.9 Å². The Labute approximate surface area is 135 Å². The molecule has 1 fully saturated rings. The number of ether oxygens (including phenoxy) is 1. The van der Waals surface area contributed by atoms with Gasteiger partial charge in [0.25, 0.3) is 0 Å². The lowest BCUT2D eigenvalue weighted by atomic mass is 10.2. The molecule has 0 spiro atoms. The quantitative estimate of drug-likeness (QED) is 0.646. The van der Waals surface area contributed by atoms with Crippen LogP contribution in [-0.4, -0.2) is 49.5 Å². The highest BCUT2D eigenvalue weighted by Crippen LogP contribution is 2.14. The number of aliphatic imine (C=N–C) groups is 1. The number of amides is 2. The predicted molar refractivity (Wildman–Crippen MR) is 86.9 cm³/mol. The van der Waals surface area contributed by atoms with Crippen LogP contribution in [0, 0.1) is 0 Å². The third-order valence-electron chi connectivity index (χ3n) is 3.72. The zero-order chi connectivity index (χ0) is 16.7. The molecule has 1 aliphatic rings. The molecule has 1 saturated heterocycles. The Kier molecular flexibility index (Phi) is 6.10. The fourth-order valence-corrected chi connectivity index (χ4v) is 2.44. The molecule has 1 aromatic rings. The van der Waals surface area contributed by atoms with Gasteiger partial charge in [0.05, 0.1) is 6.04 Å². The largest absolute Gasteiger partial charge is 0.444 e. The molecule has 0 aromatic heterocycles. The standard InChI is InChI=1S/C16H22N4O3/c1-17-15(18-14(21)13-9-6-10-20(13)2)19-16(22)23-11-12-7-4-3-5-8-12/h3-5,7-8,13H,6,9-11H2,1-2H3,(H2,17,18,19,21,22)/t13-/m0/s1. The number of rotatable bonds is 3. The lowest BCUT2D eigenvalue weighted by molar-refractivity contribution is -0.123. The molecule has 2 rings (SSSR count). The zero-order valence-electron chi connectivity index (χ0n) is 13.4. The van der Waals surface area contributed by atoms with Gasteiger partial charge in [0.15, 0.2) is 0 Å². The van der Waals surface area contributed by atoms with Gasteiger partial charge in [0.2, 0.25) is 11.9 Å². The molecule has 0 saturated carbocycles. The lowest BCUT2D eigenvalue weighted by Gasteiger charge is -2.19. The lowest BCUT2D eigenvalue weighted by Crippen LogP contribution is -2.49. The Hall–Kier alpha value is -2.41. The molecule has 23 heavy (non-hydrogen) atoms. The summed E-state index contributed by atoms with van der Waals surface area (Å²) < 4.78 is 5.10. The van der Waals surface area contributed by atoms with E-state index in [1.165, 1.54) is 7.05 Å². The maximum atomic E-state index is 12.2. The van der Waals surface area contributed by atoms with Gasteiger partial charge in [0, 0.05) is 7.05 Å². The van der Waals surface area contributed by atoms with Crippen LogP contribution in [0.4, 0.5) is 4.79 Å². The van der Waals surface area contributed by atoms with Crippen molar-refractivity contribution in [3.05, 3.63) is 35.9 Å². The maximum Gasteiger partial charge on any atom is 0.414 e. The van der Waals surface area contributed by atoms with Crippen molar-refractivity contribution in [2.45, 2.75) is 25.5 Å². The number of carbonyl (C=O) groups excluding carboxylic acids is 2. The van der Waals surface area contributed by atoms with Gasteiger partial charge in [0.1, 0.15) is 6.61 Å². The van der Waals surface area contributed by atoms with E-state index < -0.39 is 6.09 Å². The minimum absolute atomic E-state index is 0.0911. The van der Waals surface area contributed by atoms with Gasteiger partial charge in [-0.25, -0.2) is 4.79 Å². The van der Waals surface area contributed by atoms with Gasteiger partial charge in [-0.15, -0.1) is 0 Å². The Bertz CT molecular complexity index is 574. The number of carbonyl (C=O) groups is 2. The van der Waals surface area contributed by atoms with Crippen LogP contribution in [0.2, 0.25) is 0 Å². The van der Waals surface area contributed by atoms with E-state index in [-0.39, 0.29) is 24.5 Å². The van der Waals surface area contributed by atoms with E-state index in [9.17, 15) is 9.59 Å². The highest BCUT2D eigenvalue weighted by Gasteiger charge is 2.28. The number of nitrogens with one attached hydrogen (secondary N) is 2. The first-order valence-corrected chi connectivity index (χ1v) is 7.55. The monoisotopic (exact) mass is 318 g/mol. The van der Waals surface area contributed by atoms with Crippen LogP contribution < -0.4 is 10.6 Å².